The SMILES string of the molecule is CC1CCCC(NCc2ccccc2OC(F)(F)F)C1. The fraction of sp³-hybridized carbons (Fsp3) is 0.600. The smallest absolute Gasteiger partial charge is 0.405 e. The van der Waals surface area contributed by atoms with Crippen molar-refractivity contribution < 1.29 is 17.9 Å². The maximum atomic E-state index is 12.3. The zero-order valence-corrected chi connectivity index (χ0v) is 11.5. The summed E-state index contributed by atoms with van der Waals surface area (Å²) in [7, 11) is 0. The lowest BCUT2D eigenvalue weighted by molar-refractivity contribution is -0.274. The molecular weight excluding hydrogens is 267 g/mol. The van der Waals surface area contributed by atoms with Crippen molar-refractivity contribution in [3.05, 3.63) is 29.8 Å². The molecule has 20 heavy (non-hydrogen) atoms. The van der Waals surface area contributed by atoms with E-state index in [1.807, 2.05) is 0 Å². The molecule has 2 unspecified atom stereocenters. The Bertz CT molecular complexity index is 433. The van der Waals surface area contributed by atoms with Gasteiger partial charge >= 0.3 is 6.36 Å². The molecule has 2 nitrogen and oxygen atoms in total. The lowest BCUT2D eigenvalue weighted by atomic mass is 9.87. The molecule has 0 heterocycles. The monoisotopic (exact) mass is 287 g/mol. The van der Waals surface area contributed by atoms with Crippen LogP contribution in [0.25, 0.3) is 0 Å². The van der Waals surface area contributed by atoms with Crippen LogP contribution in [0, 0.1) is 5.92 Å². The average Bonchev–Trinajstić information content (AvgIpc) is 2.36. The van der Waals surface area contributed by atoms with Crippen LogP contribution in [0.15, 0.2) is 24.3 Å². The molecular formula is C15H20F3NO. The molecule has 1 saturated carbocycles. The van der Waals surface area contributed by atoms with Crippen molar-refractivity contribution in [2.75, 3.05) is 0 Å². The minimum atomic E-state index is -4.64. The highest BCUT2D eigenvalue weighted by atomic mass is 19.4. The van der Waals surface area contributed by atoms with E-state index in [2.05, 4.69) is 17.0 Å². The maximum Gasteiger partial charge on any atom is 0.573 e. The largest absolute Gasteiger partial charge is 0.573 e. The molecule has 0 spiro atoms. The standard InChI is InChI=1S/C15H20F3NO/c1-11-5-4-7-13(9-11)19-10-12-6-2-3-8-14(12)20-15(16,17)18/h2-3,6,8,11,13,19H,4-5,7,9-10H2,1H3. The van der Waals surface area contributed by atoms with Crippen LogP contribution in [0.1, 0.15) is 38.2 Å². The fourth-order valence-electron chi connectivity index (χ4n) is 2.75. The molecule has 2 rings (SSSR count). The van der Waals surface area contributed by atoms with Crippen LogP contribution >= 0.6 is 0 Å². The molecule has 1 N–H and O–H groups in total. The van der Waals surface area contributed by atoms with Crippen molar-refractivity contribution in [1.29, 1.82) is 0 Å². The van der Waals surface area contributed by atoms with Gasteiger partial charge in [0.05, 0.1) is 0 Å². The van der Waals surface area contributed by atoms with Gasteiger partial charge in [0, 0.05) is 18.2 Å². The highest BCUT2D eigenvalue weighted by molar-refractivity contribution is 5.33. The van der Waals surface area contributed by atoms with Crippen molar-refractivity contribution in [2.45, 2.75) is 51.6 Å². The Kier molecular flexibility index (Phi) is 4.91. The number of benzene rings is 1. The molecule has 1 aliphatic carbocycles. The van der Waals surface area contributed by atoms with Gasteiger partial charge in [-0.15, -0.1) is 13.2 Å². The van der Waals surface area contributed by atoms with Gasteiger partial charge in [0.15, 0.2) is 0 Å². The van der Waals surface area contributed by atoms with Gasteiger partial charge < -0.3 is 10.1 Å². The second kappa shape index (κ2) is 6.48. The minimum absolute atomic E-state index is 0.114. The Hall–Kier alpha value is -1.23. The maximum absolute atomic E-state index is 12.3. The molecule has 0 amide bonds. The molecule has 2 atom stereocenters. The van der Waals surface area contributed by atoms with E-state index < -0.39 is 6.36 Å². The minimum Gasteiger partial charge on any atom is -0.405 e. The third kappa shape index (κ3) is 4.71. The zero-order valence-electron chi connectivity index (χ0n) is 11.5. The van der Waals surface area contributed by atoms with E-state index in [4.69, 9.17) is 0 Å². The van der Waals surface area contributed by atoms with Crippen molar-refractivity contribution in [3.63, 3.8) is 0 Å². The van der Waals surface area contributed by atoms with Gasteiger partial charge in [-0.25, -0.2) is 0 Å². The van der Waals surface area contributed by atoms with Gasteiger partial charge in [-0.2, -0.15) is 0 Å². The lowest BCUT2D eigenvalue weighted by Crippen LogP contribution is -2.33. The zero-order chi connectivity index (χ0) is 14.6. The van der Waals surface area contributed by atoms with Gasteiger partial charge in [-0.05, 0) is 24.8 Å². The van der Waals surface area contributed by atoms with E-state index in [-0.39, 0.29) is 5.75 Å². The number of ether oxygens (including phenoxy) is 1. The molecule has 0 aromatic heterocycles. The van der Waals surface area contributed by atoms with Gasteiger partial charge in [-0.1, -0.05) is 38.0 Å². The summed E-state index contributed by atoms with van der Waals surface area (Å²) in [5.41, 5.74) is 0.544. The van der Waals surface area contributed by atoms with Crippen molar-refractivity contribution in [3.8, 4) is 5.75 Å². The number of halogens is 3. The number of hydrogen-bond donors (Lipinski definition) is 1. The van der Waals surface area contributed by atoms with Gasteiger partial charge in [-0.3, -0.25) is 0 Å². The summed E-state index contributed by atoms with van der Waals surface area (Å²) >= 11 is 0. The summed E-state index contributed by atoms with van der Waals surface area (Å²) in [6, 6.07) is 6.68. The number of hydrogen-bond acceptors (Lipinski definition) is 2. The van der Waals surface area contributed by atoms with Crippen LogP contribution in [0.5, 0.6) is 5.75 Å². The second-order valence-electron chi connectivity index (χ2n) is 5.51. The molecule has 5 heteroatoms. The van der Waals surface area contributed by atoms with E-state index >= 15 is 0 Å². The summed E-state index contributed by atoms with van der Waals surface area (Å²) in [4.78, 5) is 0. The summed E-state index contributed by atoms with van der Waals surface area (Å²) in [5.74, 6) is 0.569. The van der Waals surface area contributed by atoms with Crippen LogP contribution in [0.3, 0.4) is 0 Å². The summed E-state index contributed by atoms with van der Waals surface area (Å²) < 4.78 is 41.0. The number of nitrogens with one attached hydrogen (secondary N) is 1. The van der Waals surface area contributed by atoms with E-state index in [0.717, 1.165) is 12.8 Å². The average molecular weight is 287 g/mol. The van der Waals surface area contributed by atoms with Crippen LogP contribution < -0.4 is 10.1 Å². The molecule has 0 bridgehead atoms. The molecule has 1 aromatic rings. The van der Waals surface area contributed by atoms with E-state index in [1.165, 1.54) is 18.9 Å². The Morgan fingerprint density at radius 2 is 2.00 bits per heavy atom. The Labute approximate surface area is 117 Å². The van der Waals surface area contributed by atoms with E-state index in [1.54, 1.807) is 18.2 Å². The first kappa shape index (κ1) is 15.2. The number of alkyl halides is 3. The van der Waals surface area contributed by atoms with Crippen molar-refractivity contribution >= 4 is 0 Å². The molecule has 1 fully saturated rings. The van der Waals surface area contributed by atoms with Crippen LogP contribution in [-0.4, -0.2) is 12.4 Å². The molecule has 1 aromatic carbocycles. The summed E-state index contributed by atoms with van der Waals surface area (Å²) in [6.45, 7) is 2.62. The predicted octanol–water partition coefficient (Wildman–Crippen LogP) is 4.25. The quantitative estimate of drug-likeness (QED) is 0.893. The Morgan fingerprint density at radius 3 is 2.70 bits per heavy atom. The van der Waals surface area contributed by atoms with Crippen LogP contribution in [0.4, 0.5) is 13.2 Å². The summed E-state index contributed by atoms with van der Waals surface area (Å²) in [6.07, 6.45) is -0.0458. The van der Waals surface area contributed by atoms with Crippen molar-refractivity contribution in [2.24, 2.45) is 5.92 Å². The highest BCUT2D eigenvalue weighted by Gasteiger charge is 2.32. The normalized spacial score (nSPS) is 23.6. The van der Waals surface area contributed by atoms with Crippen molar-refractivity contribution in [1.82, 2.24) is 5.32 Å². The third-order valence-corrected chi connectivity index (χ3v) is 3.72. The second-order valence-corrected chi connectivity index (χ2v) is 5.51. The number of para-hydroxylation sites is 1. The van der Waals surface area contributed by atoms with Gasteiger partial charge in [0.1, 0.15) is 5.75 Å². The fourth-order valence-corrected chi connectivity index (χ4v) is 2.75. The molecule has 112 valence electrons. The van der Waals surface area contributed by atoms with Gasteiger partial charge in [0.25, 0.3) is 0 Å². The molecule has 1 aliphatic rings. The van der Waals surface area contributed by atoms with Crippen LogP contribution in [0.2, 0.25) is 0 Å². The highest BCUT2D eigenvalue weighted by Crippen LogP contribution is 2.27. The first-order valence-corrected chi connectivity index (χ1v) is 7.01. The third-order valence-electron chi connectivity index (χ3n) is 3.72. The van der Waals surface area contributed by atoms with E-state index in [0.29, 0.717) is 24.1 Å². The van der Waals surface area contributed by atoms with E-state index in [9.17, 15) is 13.2 Å². The molecule has 0 aliphatic heterocycles. The molecule has 0 saturated heterocycles. The first-order chi connectivity index (χ1) is 9.44. The summed E-state index contributed by atoms with van der Waals surface area (Å²) in [5, 5.41) is 3.35. The predicted molar refractivity (Wildman–Crippen MR) is 71.4 cm³/mol. The Balaban J connectivity index is 1.95. The first-order valence-electron chi connectivity index (χ1n) is 7.01. The molecule has 0 radical (unpaired) electrons. The number of rotatable bonds is 4. The van der Waals surface area contributed by atoms with Crippen LogP contribution in [-0.2, 0) is 6.54 Å². The topological polar surface area (TPSA) is 21.3 Å². The van der Waals surface area contributed by atoms with Gasteiger partial charge in [0.2, 0.25) is 0 Å². The Morgan fingerprint density at radius 1 is 1.25 bits per heavy atom. The lowest BCUT2D eigenvalue weighted by Gasteiger charge is -2.28.